The minimum atomic E-state index is -9.88. The summed E-state index contributed by atoms with van der Waals surface area (Å²) in [4.78, 5) is -1.93. The van der Waals surface area contributed by atoms with Crippen LogP contribution in [-0.4, -0.2) is 13.3 Å². The van der Waals surface area contributed by atoms with Gasteiger partial charge in [-0.05, 0) is 49.3 Å². The highest BCUT2D eigenvalue weighted by atomic mass is 32.5. The Morgan fingerprint density at radius 2 is 1.24 bits per heavy atom. The van der Waals surface area contributed by atoms with E-state index in [9.17, 15) is 28.2 Å². The maximum atomic E-state index is 13.2. The van der Waals surface area contributed by atoms with Crippen molar-refractivity contribution in [1.82, 2.24) is 0 Å². The molecule has 0 nitrogen and oxygen atoms in total. The van der Waals surface area contributed by atoms with Crippen molar-refractivity contribution in [2.75, 3.05) is 13.3 Å². The monoisotopic (exact) mass is 338 g/mol. The van der Waals surface area contributed by atoms with Crippen LogP contribution in [0.1, 0.15) is 29.5 Å². The van der Waals surface area contributed by atoms with Crippen molar-refractivity contribution in [3.05, 3.63) is 28.8 Å². The predicted octanol–water partition coefficient (Wildman–Crippen LogP) is 6.46. The van der Waals surface area contributed by atoms with Crippen LogP contribution in [0.4, 0.5) is 28.2 Å². The smallest absolute Gasteiger partial charge is 0.251 e. The third-order valence-electron chi connectivity index (χ3n) is 3.14. The average molecular weight is 338 g/mol. The number of hydrogen-bond donors (Lipinski definition) is 0. The molecule has 0 bridgehead atoms. The van der Waals surface area contributed by atoms with E-state index in [2.05, 4.69) is 0 Å². The molecule has 0 saturated carbocycles. The molecule has 0 amide bonds. The van der Waals surface area contributed by atoms with Gasteiger partial charge in [0.05, 0.1) is 13.3 Å². The normalized spacial score (nSPS) is 15.6. The lowest BCUT2D eigenvalue weighted by atomic mass is 9.99. The predicted molar refractivity (Wildman–Crippen MR) is 71.2 cm³/mol. The van der Waals surface area contributed by atoms with E-state index < -0.39 is 46.0 Å². The summed E-state index contributed by atoms with van der Waals surface area (Å²) in [6.45, 7) is -0.670. The largest absolute Gasteiger partial charge is 0.310 e. The Morgan fingerprint density at radius 1 is 0.810 bits per heavy atom. The first-order valence-corrected chi connectivity index (χ1v) is 8.33. The first-order chi connectivity index (χ1) is 9.40. The molecule has 124 valence electrons. The Hall–Kier alpha value is -0.920. The summed E-state index contributed by atoms with van der Waals surface area (Å²) in [6.07, 6.45) is -0.761. The van der Waals surface area contributed by atoms with Gasteiger partial charge in [-0.2, -0.15) is 0 Å². The zero-order valence-electron chi connectivity index (χ0n) is 11.5. The van der Waals surface area contributed by atoms with Gasteiger partial charge < -0.3 is 0 Å². The molecule has 0 aliphatic carbocycles. The lowest BCUT2D eigenvalue weighted by molar-refractivity contribution is 0.360. The second kappa shape index (κ2) is 5.37. The summed E-state index contributed by atoms with van der Waals surface area (Å²) in [5, 5.41) is 0. The first-order valence-electron chi connectivity index (χ1n) is 6.38. The molecule has 1 aromatic carbocycles. The van der Waals surface area contributed by atoms with Crippen molar-refractivity contribution < 1.29 is 28.2 Å². The van der Waals surface area contributed by atoms with Crippen LogP contribution in [-0.2, 0) is 12.8 Å². The van der Waals surface area contributed by atoms with E-state index in [1.54, 1.807) is 0 Å². The zero-order chi connectivity index (χ0) is 16.4. The van der Waals surface area contributed by atoms with Crippen LogP contribution in [0.2, 0.25) is 0 Å². The number of aryl methyl sites for hydroxylation is 2. The molecule has 21 heavy (non-hydrogen) atoms. The maximum Gasteiger partial charge on any atom is 0.310 e. The topological polar surface area (TPSA) is 0 Å². The molecule has 0 heterocycles. The van der Waals surface area contributed by atoms with Crippen LogP contribution in [0.5, 0.6) is 0 Å². The van der Waals surface area contributed by atoms with Crippen molar-refractivity contribution in [2.24, 2.45) is 0 Å². The number of alkyl halides is 2. The second-order valence-electron chi connectivity index (χ2n) is 4.89. The summed E-state index contributed by atoms with van der Waals surface area (Å²) < 4.78 is 90.4. The van der Waals surface area contributed by atoms with E-state index >= 15 is 0 Å². The van der Waals surface area contributed by atoms with E-state index in [1.165, 1.54) is 6.07 Å². The molecule has 0 unspecified atom stereocenters. The molecule has 0 aliphatic heterocycles. The van der Waals surface area contributed by atoms with Gasteiger partial charge >= 0.3 is 10.2 Å². The Bertz CT molecular complexity index is 507. The van der Waals surface area contributed by atoms with Gasteiger partial charge in [-0.3, -0.25) is 8.78 Å². The van der Waals surface area contributed by atoms with Crippen molar-refractivity contribution in [2.45, 2.75) is 37.5 Å². The quantitative estimate of drug-likeness (QED) is 0.501. The Morgan fingerprint density at radius 3 is 1.67 bits per heavy atom. The van der Waals surface area contributed by atoms with Crippen molar-refractivity contribution in [3.8, 4) is 0 Å². The average Bonchev–Trinajstić information content (AvgIpc) is 2.31. The minimum absolute atomic E-state index is 0.0373. The highest BCUT2D eigenvalue weighted by Gasteiger charge is 2.67. The maximum absolute atomic E-state index is 13.2. The van der Waals surface area contributed by atoms with Crippen LogP contribution in [0.3, 0.4) is 0 Å². The van der Waals surface area contributed by atoms with Crippen LogP contribution in [0.25, 0.3) is 0 Å². The molecule has 0 aliphatic rings. The Kier molecular flexibility index (Phi) is 4.64. The van der Waals surface area contributed by atoms with Gasteiger partial charge in [-0.15, -0.1) is 0 Å². The molecule has 1 aromatic rings. The standard InChI is InChI=1S/C13H17F7S/c1-10-11(4-2-8-14)6-7-12(5-3-9-15)13(10)21(16,17,18,19)20/h6-7H,2-5,8-9H2,1H3. The molecule has 0 fully saturated rings. The number of halogens is 7. The first kappa shape index (κ1) is 18.1. The lowest BCUT2D eigenvalue weighted by Gasteiger charge is -2.43. The Balaban J connectivity index is 3.47. The molecule has 0 atom stereocenters. The fourth-order valence-electron chi connectivity index (χ4n) is 2.31. The van der Waals surface area contributed by atoms with Crippen molar-refractivity contribution in [1.29, 1.82) is 0 Å². The molecule has 0 spiro atoms. The summed E-state index contributed by atoms with van der Waals surface area (Å²) in [6, 6.07) is 2.23. The molecule has 1 rings (SSSR count). The van der Waals surface area contributed by atoms with Crippen molar-refractivity contribution in [3.63, 3.8) is 0 Å². The fraction of sp³-hybridized carbons (Fsp3) is 0.538. The van der Waals surface area contributed by atoms with Gasteiger partial charge in [0.1, 0.15) is 4.90 Å². The molecule has 0 N–H and O–H groups in total. The summed E-state index contributed by atoms with van der Waals surface area (Å²) in [5.41, 5.74) is -1.15. The van der Waals surface area contributed by atoms with E-state index in [0.29, 0.717) is 0 Å². The van der Waals surface area contributed by atoms with E-state index in [-0.39, 0.29) is 24.8 Å². The summed E-state index contributed by atoms with van der Waals surface area (Å²) >= 11 is 0. The molecular weight excluding hydrogens is 321 g/mol. The number of rotatable bonds is 7. The lowest BCUT2D eigenvalue weighted by Crippen LogP contribution is -2.13. The summed E-state index contributed by atoms with van der Waals surface area (Å²) in [7, 11) is -9.88. The SMILES string of the molecule is Cc1c(CCCF)ccc(CCCF)c1S(F)(F)(F)(F)F. The van der Waals surface area contributed by atoms with Gasteiger partial charge in [0.2, 0.25) is 0 Å². The molecule has 0 aromatic heterocycles. The van der Waals surface area contributed by atoms with E-state index in [0.717, 1.165) is 13.0 Å². The van der Waals surface area contributed by atoms with Crippen LogP contribution >= 0.6 is 10.2 Å². The van der Waals surface area contributed by atoms with Crippen molar-refractivity contribution >= 4 is 10.2 Å². The summed E-state index contributed by atoms with van der Waals surface area (Å²) in [5.74, 6) is 0. The molecule has 0 radical (unpaired) electrons. The van der Waals surface area contributed by atoms with E-state index in [1.807, 2.05) is 0 Å². The van der Waals surface area contributed by atoms with Gasteiger partial charge in [0.25, 0.3) is 0 Å². The highest BCUT2D eigenvalue weighted by molar-refractivity contribution is 8.45. The van der Waals surface area contributed by atoms with E-state index in [4.69, 9.17) is 0 Å². The van der Waals surface area contributed by atoms with Crippen LogP contribution in [0, 0.1) is 6.92 Å². The minimum Gasteiger partial charge on any atom is -0.251 e. The van der Waals surface area contributed by atoms with Gasteiger partial charge in [0, 0.05) is 0 Å². The van der Waals surface area contributed by atoms with Crippen LogP contribution < -0.4 is 0 Å². The van der Waals surface area contributed by atoms with Gasteiger partial charge in [-0.1, -0.05) is 31.6 Å². The van der Waals surface area contributed by atoms with Gasteiger partial charge in [0.15, 0.2) is 0 Å². The molecule has 0 saturated heterocycles. The third kappa shape index (κ3) is 4.79. The fourth-order valence-corrected chi connectivity index (χ4v) is 3.68. The highest BCUT2D eigenvalue weighted by Crippen LogP contribution is 3.02. The molecule has 8 heteroatoms. The second-order valence-corrected chi connectivity index (χ2v) is 7.24. The number of benzene rings is 1. The Labute approximate surface area is 119 Å². The third-order valence-corrected chi connectivity index (χ3v) is 4.48. The molecular formula is C13H17F7S. The zero-order valence-corrected chi connectivity index (χ0v) is 12.3. The van der Waals surface area contributed by atoms with Gasteiger partial charge in [-0.25, -0.2) is 0 Å². The number of hydrogen-bond acceptors (Lipinski definition) is 0. The van der Waals surface area contributed by atoms with Crippen LogP contribution in [0.15, 0.2) is 17.0 Å².